The minimum Gasteiger partial charge on any atom is -0.375 e. The number of urea groups is 1. The Bertz CT molecular complexity index is 401. The minimum atomic E-state index is -1.22. The molecule has 0 saturated carbocycles. The number of barbiturate groups is 1. The molecule has 0 aromatic rings. The first kappa shape index (κ1) is 14.4. The molecule has 18 heavy (non-hydrogen) atoms. The van der Waals surface area contributed by atoms with Gasteiger partial charge in [0.2, 0.25) is 11.8 Å². The fraction of sp³-hybridized carbons (Fsp3) is 0.583. The van der Waals surface area contributed by atoms with Crippen molar-refractivity contribution in [3.8, 4) is 0 Å². The first-order valence-corrected chi connectivity index (χ1v) is 5.66. The van der Waals surface area contributed by atoms with E-state index in [-0.39, 0.29) is 13.2 Å². The molecule has 0 unspecified atom stereocenters. The van der Waals surface area contributed by atoms with Gasteiger partial charge in [-0.25, -0.2) is 4.79 Å². The first-order chi connectivity index (χ1) is 8.26. The molecule has 1 aliphatic rings. The largest absolute Gasteiger partial charge is 0.375 e. The van der Waals surface area contributed by atoms with Crippen LogP contribution in [0.4, 0.5) is 4.79 Å². The van der Waals surface area contributed by atoms with Crippen LogP contribution in [0, 0.1) is 5.41 Å². The van der Waals surface area contributed by atoms with Gasteiger partial charge < -0.3 is 4.74 Å². The zero-order chi connectivity index (χ0) is 13.9. The highest BCUT2D eigenvalue weighted by atomic mass is 16.5. The molecule has 0 aliphatic carbocycles. The lowest BCUT2D eigenvalue weighted by atomic mass is 9.89. The number of amides is 4. The van der Waals surface area contributed by atoms with Crippen LogP contribution in [-0.2, 0) is 14.3 Å². The van der Waals surface area contributed by atoms with Gasteiger partial charge in [0.25, 0.3) is 0 Å². The summed E-state index contributed by atoms with van der Waals surface area (Å²) < 4.78 is 5.23. The fourth-order valence-corrected chi connectivity index (χ4v) is 1.45. The van der Waals surface area contributed by atoms with Crippen LogP contribution in [0.2, 0.25) is 0 Å². The van der Waals surface area contributed by atoms with Gasteiger partial charge in [0, 0.05) is 0 Å². The Morgan fingerprint density at radius 3 is 2.56 bits per heavy atom. The highest BCUT2D eigenvalue weighted by Gasteiger charge is 2.46. The van der Waals surface area contributed by atoms with Gasteiger partial charge in [-0.15, -0.1) is 0 Å². The maximum Gasteiger partial charge on any atom is 0.330 e. The normalized spacial score (nSPS) is 18.8. The van der Waals surface area contributed by atoms with Gasteiger partial charge in [-0.2, -0.15) is 0 Å². The Labute approximate surface area is 106 Å². The van der Waals surface area contributed by atoms with Crippen molar-refractivity contribution in [2.45, 2.75) is 20.8 Å². The second-order valence-electron chi connectivity index (χ2n) is 4.85. The molecule has 0 bridgehead atoms. The number of nitrogens with one attached hydrogen (secondary N) is 1. The van der Waals surface area contributed by atoms with Crippen molar-refractivity contribution in [2.24, 2.45) is 5.41 Å². The molecule has 4 amide bonds. The summed E-state index contributed by atoms with van der Waals surface area (Å²) in [5.41, 5.74) is -0.359. The van der Waals surface area contributed by atoms with Crippen molar-refractivity contribution >= 4 is 17.8 Å². The molecule has 1 heterocycles. The molecule has 1 fully saturated rings. The lowest BCUT2D eigenvalue weighted by Gasteiger charge is -2.34. The number of carbonyl (C=O) groups is 3. The first-order valence-electron chi connectivity index (χ1n) is 5.66. The second-order valence-corrected chi connectivity index (χ2v) is 4.85. The zero-order valence-corrected chi connectivity index (χ0v) is 10.9. The SMILES string of the molecule is C=C(C)COCCN1C(=O)NC(=O)C(C)(C)C1=O. The lowest BCUT2D eigenvalue weighted by molar-refractivity contribution is -0.149. The maximum absolute atomic E-state index is 12.0. The number of imide groups is 2. The van der Waals surface area contributed by atoms with Crippen LogP contribution in [-0.4, -0.2) is 42.5 Å². The topological polar surface area (TPSA) is 75.7 Å². The summed E-state index contributed by atoms with van der Waals surface area (Å²) in [6, 6.07) is -0.691. The Morgan fingerprint density at radius 1 is 1.39 bits per heavy atom. The number of carbonyl (C=O) groups excluding carboxylic acids is 3. The van der Waals surface area contributed by atoms with E-state index in [0.717, 1.165) is 10.5 Å². The highest BCUT2D eigenvalue weighted by molar-refractivity contribution is 6.18. The minimum absolute atomic E-state index is 0.120. The van der Waals surface area contributed by atoms with Crippen molar-refractivity contribution in [1.29, 1.82) is 0 Å². The van der Waals surface area contributed by atoms with Crippen molar-refractivity contribution in [2.75, 3.05) is 19.8 Å². The summed E-state index contributed by atoms with van der Waals surface area (Å²) in [6.07, 6.45) is 0. The molecule has 0 spiro atoms. The monoisotopic (exact) mass is 254 g/mol. The molecule has 6 nitrogen and oxygen atoms in total. The molecule has 0 aromatic carbocycles. The van der Waals surface area contributed by atoms with Gasteiger partial charge >= 0.3 is 6.03 Å². The quantitative estimate of drug-likeness (QED) is 0.445. The number of ether oxygens (including phenoxy) is 1. The van der Waals surface area contributed by atoms with Crippen molar-refractivity contribution in [3.63, 3.8) is 0 Å². The van der Waals surface area contributed by atoms with E-state index in [1.165, 1.54) is 13.8 Å². The number of rotatable bonds is 5. The third-order valence-electron chi connectivity index (χ3n) is 2.62. The molecular formula is C12H18N2O4. The van der Waals surface area contributed by atoms with Gasteiger partial charge in [0.05, 0.1) is 19.8 Å². The van der Waals surface area contributed by atoms with Crippen LogP contribution in [0.15, 0.2) is 12.2 Å². The Morgan fingerprint density at radius 2 is 2.00 bits per heavy atom. The molecule has 0 radical (unpaired) electrons. The molecule has 1 rings (SSSR count). The average Bonchev–Trinajstić information content (AvgIpc) is 2.25. The number of hydrogen-bond donors (Lipinski definition) is 1. The van der Waals surface area contributed by atoms with Crippen LogP contribution >= 0.6 is 0 Å². The Balaban J connectivity index is 2.59. The van der Waals surface area contributed by atoms with E-state index in [2.05, 4.69) is 11.9 Å². The van der Waals surface area contributed by atoms with Gasteiger partial charge in [0.15, 0.2) is 0 Å². The molecule has 100 valence electrons. The Hall–Kier alpha value is -1.69. The van der Waals surface area contributed by atoms with E-state index in [4.69, 9.17) is 4.74 Å². The average molecular weight is 254 g/mol. The van der Waals surface area contributed by atoms with Crippen molar-refractivity contribution < 1.29 is 19.1 Å². The molecule has 0 atom stereocenters. The lowest BCUT2D eigenvalue weighted by Crippen LogP contribution is -2.62. The predicted octanol–water partition coefficient (Wildman–Crippen LogP) is 0.684. The standard InChI is InChI=1S/C12H18N2O4/c1-8(2)7-18-6-5-14-10(16)12(3,4)9(15)13-11(14)17/h1,5-7H2,2-4H3,(H,13,15,17). The molecule has 1 aliphatic heterocycles. The summed E-state index contributed by atoms with van der Waals surface area (Å²) in [7, 11) is 0. The predicted molar refractivity (Wildman–Crippen MR) is 64.7 cm³/mol. The van der Waals surface area contributed by atoms with Crippen LogP contribution in [0.5, 0.6) is 0 Å². The third-order valence-corrected chi connectivity index (χ3v) is 2.62. The van der Waals surface area contributed by atoms with Gasteiger partial charge in [-0.3, -0.25) is 19.8 Å². The Kier molecular flexibility index (Phi) is 4.24. The smallest absolute Gasteiger partial charge is 0.330 e. The molecular weight excluding hydrogens is 236 g/mol. The third kappa shape index (κ3) is 2.95. The molecule has 1 saturated heterocycles. The van der Waals surface area contributed by atoms with Crippen LogP contribution in [0.3, 0.4) is 0 Å². The van der Waals surface area contributed by atoms with Crippen molar-refractivity contribution in [1.82, 2.24) is 10.2 Å². The summed E-state index contributed by atoms with van der Waals surface area (Å²) in [4.78, 5) is 36.0. The summed E-state index contributed by atoms with van der Waals surface area (Å²) >= 11 is 0. The van der Waals surface area contributed by atoms with Crippen LogP contribution < -0.4 is 5.32 Å². The highest BCUT2D eigenvalue weighted by Crippen LogP contribution is 2.22. The summed E-state index contributed by atoms with van der Waals surface area (Å²) in [5, 5.41) is 2.15. The number of hydrogen-bond acceptors (Lipinski definition) is 4. The number of nitrogens with zero attached hydrogens (tertiary/aromatic N) is 1. The van der Waals surface area contributed by atoms with E-state index in [1.54, 1.807) is 0 Å². The van der Waals surface area contributed by atoms with E-state index in [9.17, 15) is 14.4 Å². The van der Waals surface area contributed by atoms with E-state index in [1.807, 2.05) is 6.92 Å². The zero-order valence-electron chi connectivity index (χ0n) is 10.9. The van der Waals surface area contributed by atoms with Crippen LogP contribution in [0.1, 0.15) is 20.8 Å². The van der Waals surface area contributed by atoms with E-state index < -0.39 is 23.3 Å². The summed E-state index contributed by atoms with van der Waals surface area (Å²) in [5.74, 6) is -1.08. The van der Waals surface area contributed by atoms with Gasteiger partial charge in [-0.1, -0.05) is 12.2 Å². The van der Waals surface area contributed by atoms with Gasteiger partial charge in [-0.05, 0) is 20.8 Å². The molecule has 0 aromatic heterocycles. The van der Waals surface area contributed by atoms with Crippen molar-refractivity contribution in [3.05, 3.63) is 12.2 Å². The fourth-order valence-electron chi connectivity index (χ4n) is 1.45. The molecule has 6 heteroatoms. The maximum atomic E-state index is 12.0. The molecule has 1 N–H and O–H groups in total. The van der Waals surface area contributed by atoms with Gasteiger partial charge in [0.1, 0.15) is 5.41 Å². The summed E-state index contributed by atoms with van der Waals surface area (Å²) in [6.45, 7) is 9.18. The van der Waals surface area contributed by atoms with E-state index >= 15 is 0 Å². The van der Waals surface area contributed by atoms with E-state index in [0.29, 0.717) is 6.61 Å². The van der Waals surface area contributed by atoms with Crippen LogP contribution in [0.25, 0.3) is 0 Å². The second kappa shape index (κ2) is 5.30.